The number of carbonyl (C=O) groups excluding carboxylic acids is 2. The minimum absolute atomic E-state index is 0.361. The third kappa shape index (κ3) is 5.98. The van der Waals surface area contributed by atoms with Crippen molar-refractivity contribution < 1.29 is 14.3 Å². The molecular formula is C23H31N3O3. The smallest absolute Gasteiger partial charge is 0.313 e. The topological polar surface area (TPSA) is 70.7 Å². The lowest BCUT2D eigenvalue weighted by molar-refractivity contribution is -0.136. The molecule has 0 heterocycles. The molecule has 1 atom stereocenters. The number of ether oxygens (including phenoxy) is 1. The third-order valence-electron chi connectivity index (χ3n) is 4.74. The normalized spacial score (nSPS) is 11.5. The Bertz CT molecular complexity index is 830. The van der Waals surface area contributed by atoms with E-state index in [1.54, 1.807) is 12.1 Å². The van der Waals surface area contributed by atoms with E-state index < -0.39 is 11.8 Å². The molecule has 0 bridgehead atoms. The van der Waals surface area contributed by atoms with Crippen LogP contribution in [0.5, 0.6) is 5.75 Å². The number of rotatable bonds is 8. The first-order valence-electron chi connectivity index (χ1n) is 10.1. The summed E-state index contributed by atoms with van der Waals surface area (Å²) in [5.74, 6) is -0.675. The zero-order valence-corrected chi connectivity index (χ0v) is 17.9. The van der Waals surface area contributed by atoms with Crippen molar-refractivity contribution in [2.24, 2.45) is 0 Å². The summed E-state index contributed by atoms with van der Waals surface area (Å²) in [5, 5.41) is 5.40. The van der Waals surface area contributed by atoms with Gasteiger partial charge in [0.25, 0.3) is 0 Å². The Morgan fingerprint density at radius 1 is 1.00 bits per heavy atom. The number of anilines is 2. The Labute approximate surface area is 173 Å². The molecule has 0 radical (unpaired) electrons. The van der Waals surface area contributed by atoms with Crippen LogP contribution >= 0.6 is 0 Å². The summed E-state index contributed by atoms with van der Waals surface area (Å²) in [7, 11) is 0. The molecular weight excluding hydrogens is 366 g/mol. The van der Waals surface area contributed by atoms with Gasteiger partial charge in [-0.25, -0.2) is 0 Å². The van der Waals surface area contributed by atoms with E-state index in [2.05, 4.69) is 29.4 Å². The molecule has 2 rings (SSSR count). The van der Waals surface area contributed by atoms with Gasteiger partial charge in [0, 0.05) is 30.0 Å². The van der Waals surface area contributed by atoms with E-state index in [4.69, 9.17) is 4.74 Å². The Morgan fingerprint density at radius 2 is 1.66 bits per heavy atom. The van der Waals surface area contributed by atoms with Crippen molar-refractivity contribution >= 4 is 23.2 Å². The van der Waals surface area contributed by atoms with Crippen LogP contribution < -0.4 is 20.3 Å². The van der Waals surface area contributed by atoms with Gasteiger partial charge in [-0.3, -0.25) is 9.59 Å². The molecule has 6 nitrogen and oxygen atoms in total. The molecule has 156 valence electrons. The van der Waals surface area contributed by atoms with Crippen molar-refractivity contribution in [1.29, 1.82) is 0 Å². The van der Waals surface area contributed by atoms with Crippen LogP contribution in [0.25, 0.3) is 0 Å². The molecule has 0 aromatic heterocycles. The van der Waals surface area contributed by atoms with Crippen molar-refractivity contribution in [2.75, 3.05) is 29.9 Å². The Balaban J connectivity index is 2.02. The molecule has 29 heavy (non-hydrogen) atoms. The SMILES string of the molecule is CCOc1ccc(C)cc1C(C)NC(=O)C(=O)Nc1ccc(N(CC)CC)cc1. The fourth-order valence-electron chi connectivity index (χ4n) is 3.17. The Morgan fingerprint density at radius 3 is 2.24 bits per heavy atom. The zero-order chi connectivity index (χ0) is 21.4. The number of amides is 2. The predicted molar refractivity (Wildman–Crippen MR) is 118 cm³/mol. The molecule has 0 spiro atoms. The molecule has 0 fully saturated rings. The van der Waals surface area contributed by atoms with E-state index in [1.807, 2.05) is 51.1 Å². The molecule has 2 aromatic rings. The highest BCUT2D eigenvalue weighted by Gasteiger charge is 2.20. The van der Waals surface area contributed by atoms with Gasteiger partial charge in [-0.15, -0.1) is 0 Å². The average molecular weight is 398 g/mol. The van der Waals surface area contributed by atoms with E-state index in [1.165, 1.54) is 0 Å². The first-order valence-corrected chi connectivity index (χ1v) is 10.1. The van der Waals surface area contributed by atoms with Gasteiger partial charge in [-0.2, -0.15) is 0 Å². The van der Waals surface area contributed by atoms with Gasteiger partial charge in [0.15, 0.2) is 0 Å². The monoisotopic (exact) mass is 397 g/mol. The zero-order valence-electron chi connectivity index (χ0n) is 17.9. The number of nitrogens with one attached hydrogen (secondary N) is 2. The van der Waals surface area contributed by atoms with Crippen LogP contribution in [0, 0.1) is 6.92 Å². The van der Waals surface area contributed by atoms with Gasteiger partial charge < -0.3 is 20.3 Å². The molecule has 2 amide bonds. The Hall–Kier alpha value is -3.02. The minimum atomic E-state index is -0.696. The van der Waals surface area contributed by atoms with E-state index in [9.17, 15) is 9.59 Å². The second-order valence-corrected chi connectivity index (χ2v) is 6.84. The van der Waals surface area contributed by atoms with E-state index in [0.717, 1.165) is 29.9 Å². The van der Waals surface area contributed by atoms with Crippen LogP contribution in [0.1, 0.15) is 44.9 Å². The number of hydrogen-bond acceptors (Lipinski definition) is 4. The fraction of sp³-hybridized carbons (Fsp3) is 0.391. The molecule has 0 saturated heterocycles. The van der Waals surface area contributed by atoms with Crippen LogP contribution in [0.4, 0.5) is 11.4 Å². The van der Waals surface area contributed by atoms with Crippen molar-refractivity contribution in [1.82, 2.24) is 5.32 Å². The van der Waals surface area contributed by atoms with Crippen molar-refractivity contribution in [3.05, 3.63) is 53.6 Å². The number of aryl methyl sites for hydroxylation is 1. The summed E-state index contributed by atoms with van der Waals surface area (Å²) in [6.07, 6.45) is 0. The lowest BCUT2D eigenvalue weighted by Gasteiger charge is -2.21. The second kappa shape index (κ2) is 10.5. The molecule has 6 heteroatoms. The largest absolute Gasteiger partial charge is 0.494 e. The molecule has 0 aliphatic rings. The lowest BCUT2D eigenvalue weighted by atomic mass is 10.0. The van der Waals surface area contributed by atoms with Crippen LogP contribution in [0.3, 0.4) is 0 Å². The molecule has 1 unspecified atom stereocenters. The summed E-state index contributed by atoms with van der Waals surface area (Å²) < 4.78 is 5.64. The van der Waals surface area contributed by atoms with Gasteiger partial charge in [-0.1, -0.05) is 17.7 Å². The second-order valence-electron chi connectivity index (χ2n) is 6.84. The van der Waals surface area contributed by atoms with E-state index >= 15 is 0 Å². The summed E-state index contributed by atoms with van der Waals surface area (Å²) >= 11 is 0. The van der Waals surface area contributed by atoms with Gasteiger partial charge in [0.1, 0.15) is 5.75 Å². The quantitative estimate of drug-likeness (QED) is 0.659. The highest BCUT2D eigenvalue weighted by molar-refractivity contribution is 6.39. The van der Waals surface area contributed by atoms with Crippen LogP contribution in [-0.2, 0) is 9.59 Å². The first-order chi connectivity index (χ1) is 13.9. The Kier molecular flexibility index (Phi) is 8.07. The number of benzene rings is 2. The maximum atomic E-state index is 12.4. The van der Waals surface area contributed by atoms with Crippen LogP contribution in [0.2, 0.25) is 0 Å². The standard InChI is InChI=1S/C23H31N3O3/c1-6-26(7-2)19-12-10-18(11-13-19)25-23(28)22(27)24-17(5)20-15-16(4)9-14-21(20)29-8-3/h9-15,17H,6-8H2,1-5H3,(H,24,27)(H,25,28). The average Bonchev–Trinajstić information content (AvgIpc) is 2.71. The number of carbonyl (C=O) groups is 2. The molecule has 0 aliphatic heterocycles. The summed E-state index contributed by atoms with van der Waals surface area (Å²) in [6.45, 7) is 12.2. The maximum Gasteiger partial charge on any atom is 0.313 e. The summed E-state index contributed by atoms with van der Waals surface area (Å²) in [5.41, 5.74) is 3.56. The van der Waals surface area contributed by atoms with Gasteiger partial charge in [-0.05, 0) is 65.0 Å². The van der Waals surface area contributed by atoms with Crippen LogP contribution in [0.15, 0.2) is 42.5 Å². The molecule has 2 N–H and O–H groups in total. The maximum absolute atomic E-state index is 12.4. The predicted octanol–water partition coefficient (Wildman–Crippen LogP) is 4.06. The highest BCUT2D eigenvalue weighted by Crippen LogP contribution is 2.26. The molecule has 0 saturated carbocycles. The third-order valence-corrected chi connectivity index (χ3v) is 4.74. The first kappa shape index (κ1) is 22.3. The lowest BCUT2D eigenvalue weighted by Crippen LogP contribution is -2.37. The molecule has 2 aromatic carbocycles. The number of hydrogen-bond donors (Lipinski definition) is 2. The van der Waals surface area contributed by atoms with E-state index in [0.29, 0.717) is 18.0 Å². The van der Waals surface area contributed by atoms with Crippen molar-refractivity contribution in [2.45, 2.75) is 40.7 Å². The summed E-state index contributed by atoms with van der Waals surface area (Å²) in [6, 6.07) is 12.9. The number of nitrogens with zero attached hydrogens (tertiary/aromatic N) is 1. The summed E-state index contributed by atoms with van der Waals surface area (Å²) in [4.78, 5) is 26.9. The van der Waals surface area contributed by atoms with E-state index in [-0.39, 0.29) is 6.04 Å². The highest BCUT2D eigenvalue weighted by atomic mass is 16.5. The van der Waals surface area contributed by atoms with Gasteiger partial charge >= 0.3 is 11.8 Å². The van der Waals surface area contributed by atoms with Gasteiger partial charge in [0.05, 0.1) is 12.6 Å². The van der Waals surface area contributed by atoms with Crippen molar-refractivity contribution in [3.63, 3.8) is 0 Å². The van der Waals surface area contributed by atoms with Crippen LogP contribution in [-0.4, -0.2) is 31.5 Å². The fourth-order valence-corrected chi connectivity index (χ4v) is 3.17. The van der Waals surface area contributed by atoms with Gasteiger partial charge in [0.2, 0.25) is 0 Å². The van der Waals surface area contributed by atoms with Crippen molar-refractivity contribution in [3.8, 4) is 5.75 Å². The minimum Gasteiger partial charge on any atom is -0.494 e. The molecule has 0 aliphatic carbocycles.